The number of likely N-dealkylation sites (tertiary alicyclic amines) is 1. The number of hydrogen-bond donors (Lipinski definition) is 1. The molecule has 2 amide bonds. The van der Waals surface area contributed by atoms with Crippen LogP contribution in [0.1, 0.15) is 43.5 Å². The van der Waals surface area contributed by atoms with Crippen molar-refractivity contribution in [1.29, 1.82) is 0 Å². The van der Waals surface area contributed by atoms with Gasteiger partial charge in [0.25, 0.3) is 11.7 Å². The molecule has 25 heavy (non-hydrogen) atoms. The molecule has 1 aromatic carbocycles. The van der Waals surface area contributed by atoms with Crippen molar-refractivity contribution in [1.82, 2.24) is 9.47 Å². The summed E-state index contributed by atoms with van der Waals surface area (Å²) in [6, 6.07) is 7.66. The lowest BCUT2D eigenvalue weighted by atomic mass is 9.97. The van der Waals surface area contributed by atoms with Crippen molar-refractivity contribution >= 4 is 28.5 Å². The molecular formula is C19H23N3O3. The molecule has 0 radical (unpaired) electrons. The van der Waals surface area contributed by atoms with Gasteiger partial charge in [-0.25, -0.2) is 0 Å². The first-order valence-electron chi connectivity index (χ1n) is 8.63. The average molecular weight is 341 g/mol. The van der Waals surface area contributed by atoms with Crippen LogP contribution in [-0.4, -0.2) is 39.1 Å². The second-order valence-electron chi connectivity index (χ2n) is 6.81. The molecule has 6 heteroatoms. The van der Waals surface area contributed by atoms with E-state index >= 15 is 0 Å². The van der Waals surface area contributed by atoms with Gasteiger partial charge in [-0.1, -0.05) is 18.2 Å². The van der Waals surface area contributed by atoms with E-state index < -0.39 is 11.7 Å². The maximum atomic E-state index is 12.9. The van der Waals surface area contributed by atoms with E-state index in [0.717, 1.165) is 24.8 Å². The summed E-state index contributed by atoms with van der Waals surface area (Å²) in [7, 11) is 0. The van der Waals surface area contributed by atoms with Crippen LogP contribution in [0.4, 0.5) is 0 Å². The number of Topliss-reactive ketones (excluding diaryl/α,β-unsaturated/α-hetero) is 1. The number of amides is 2. The molecule has 1 aliphatic heterocycles. The molecule has 1 aliphatic rings. The number of nitrogens with zero attached hydrogens (tertiary/aromatic N) is 2. The second kappa shape index (κ2) is 6.70. The van der Waals surface area contributed by atoms with Gasteiger partial charge < -0.3 is 15.2 Å². The van der Waals surface area contributed by atoms with Crippen LogP contribution >= 0.6 is 0 Å². The Hall–Kier alpha value is -2.63. The number of ketones is 1. The number of fused-ring (bicyclic) bond motifs is 1. The third-order valence-electron chi connectivity index (χ3n) is 5.04. The van der Waals surface area contributed by atoms with Crippen molar-refractivity contribution < 1.29 is 14.4 Å². The van der Waals surface area contributed by atoms with Crippen molar-refractivity contribution in [3.8, 4) is 0 Å². The number of hydrogen-bond acceptors (Lipinski definition) is 3. The zero-order chi connectivity index (χ0) is 18.1. The van der Waals surface area contributed by atoms with Gasteiger partial charge in [-0.3, -0.25) is 14.4 Å². The molecule has 2 heterocycles. The monoisotopic (exact) mass is 341 g/mol. The summed E-state index contributed by atoms with van der Waals surface area (Å²) in [6.45, 7) is 4.29. The SMILES string of the molecule is C[C@@H]1CCC[C@H](C)N1C(=O)Cn1cc(C(=O)C(N)=O)c2ccccc21. The fraction of sp³-hybridized carbons (Fsp3) is 0.421. The quantitative estimate of drug-likeness (QED) is 0.682. The fourth-order valence-electron chi connectivity index (χ4n) is 3.83. The van der Waals surface area contributed by atoms with Crippen molar-refractivity contribution in [2.45, 2.75) is 51.7 Å². The molecule has 0 spiro atoms. The molecule has 132 valence electrons. The number of rotatable bonds is 4. The first-order chi connectivity index (χ1) is 11.9. The number of carbonyl (C=O) groups excluding carboxylic acids is 3. The normalized spacial score (nSPS) is 20.6. The maximum Gasteiger partial charge on any atom is 0.289 e. The van der Waals surface area contributed by atoms with E-state index in [-0.39, 0.29) is 30.1 Å². The highest BCUT2D eigenvalue weighted by Gasteiger charge is 2.29. The van der Waals surface area contributed by atoms with Crippen LogP contribution < -0.4 is 5.73 Å². The highest BCUT2D eigenvalue weighted by molar-refractivity contribution is 6.44. The molecule has 0 unspecified atom stereocenters. The number of para-hydroxylation sites is 1. The largest absolute Gasteiger partial charge is 0.363 e. The number of piperidine rings is 1. The van der Waals surface area contributed by atoms with Gasteiger partial charge in [0.1, 0.15) is 6.54 Å². The summed E-state index contributed by atoms with van der Waals surface area (Å²) in [5.74, 6) is -1.70. The van der Waals surface area contributed by atoms with Crippen LogP contribution in [0.15, 0.2) is 30.5 Å². The Kier molecular flexibility index (Phi) is 4.61. The average Bonchev–Trinajstić information content (AvgIpc) is 2.92. The summed E-state index contributed by atoms with van der Waals surface area (Å²) < 4.78 is 1.74. The van der Waals surface area contributed by atoms with Crippen LogP contribution in [0.25, 0.3) is 10.9 Å². The highest BCUT2D eigenvalue weighted by Crippen LogP contribution is 2.25. The van der Waals surface area contributed by atoms with Crippen LogP contribution in [0.5, 0.6) is 0 Å². The minimum atomic E-state index is -0.993. The summed E-state index contributed by atoms with van der Waals surface area (Å²) in [5, 5.41) is 0.638. The van der Waals surface area contributed by atoms with E-state index in [1.54, 1.807) is 22.9 Å². The predicted molar refractivity (Wildman–Crippen MR) is 95.1 cm³/mol. The van der Waals surface area contributed by atoms with E-state index in [4.69, 9.17) is 5.73 Å². The van der Waals surface area contributed by atoms with Crippen molar-refractivity contribution in [2.75, 3.05) is 0 Å². The van der Waals surface area contributed by atoms with Gasteiger partial charge in [-0.05, 0) is 39.2 Å². The van der Waals surface area contributed by atoms with Crippen LogP contribution in [-0.2, 0) is 16.1 Å². The van der Waals surface area contributed by atoms with Crippen LogP contribution in [0.2, 0.25) is 0 Å². The van der Waals surface area contributed by atoms with E-state index in [2.05, 4.69) is 13.8 Å². The van der Waals surface area contributed by atoms with Crippen molar-refractivity contribution in [3.05, 3.63) is 36.0 Å². The zero-order valence-corrected chi connectivity index (χ0v) is 14.6. The molecule has 0 bridgehead atoms. The van der Waals surface area contributed by atoms with Gasteiger partial charge >= 0.3 is 0 Å². The predicted octanol–water partition coefficient (Wildman–Crippen LogP) is 2.10. The number of benzene rings is 1. The van der Waals surface area contributed by atoms with Crippen molar-refractivity contribution in [3.63, 3.8) is 0 Å². The molecular weight excluding hydrogens is 318 g/mol. The Morgan fingerprint density at radius 3 is 2.40 bits per heavy atom. The molecule has 0 saturated carbocycles. The second-order valence-corrected chi connectivity index (χ2v) is 6.81. The molecule has 6 nitrogen and oxygen atoms in total. The van der Waals surface area contributed by atoms with E-state index in [1.165, 1.54) is 0 Å². The van der Waals surface area contributed by atoms with E-state index in [1.807, 2.05) is 17.0 Å². The van der Waals surface area contributed by atoms with Gasteiger partial charge in [-0.15, -0.1) is 0 Å². The lowest BCUT2D eigenvalue weighted by Gasteiger charge is -2.39. The lowest BCUT2D eigenvalue weighted by molar-refractivity contribution is -0.137. The molecule has 1 fully saturated rings. The topological polar surface area (TPSA) is 85.4 Å². The highest BCUT2D eigenvalue weighted by atomic mass is 16.2. The van der Waals surface area contributed by atoms with Gasteiger partial charge in [0.2, 0.25) is 5.91 Å². The first kappa shape index (κ1) is 17.2. The van der Waals surface area contributed by atoms with E-state index in [9.17, 15) is 14.4 Å². The summed E-state index contributed by atoms with van der Waals surface area (Å²) in [5.41, 5.74) is 6.14. The van der Waals surface area contributed by atoms with Crippen LogP contribution in [0.3, 0.4) is 0 Å². The van der Waals surface area contributed by atoms with Crippen molar-refractivity contribution in [2.24, 2.45) is 5.73 Å². The Morgan fingerprint density at radius 2 is 1.76 bits per heavy atom. The van der Waals surface area contributed by atoms with Gasteiger partial charge in [-0.2, -0.15) is 0 Å². The molecule has 3 rings (SSSR count). The lowest BCUT2D eigenvalue weighted by Crippen LogP contribution is -2.48. The molecule has 2 atom stereocenters. The smallest absolute Gasteiger partial charge is 0.289 e. The summed E-state index contributed by atoms with van der Waals surface area (Å²) >= 11 is 0. The zero-order valence-electron chi connectivity index (χ0n) is 14.6. The van der Waals surface area contributed by atoms with Crippen LogP contribution in [0, 0.1) is 0 Å². The Balaban J connectivity index is 1.95. The molecule has 2 N–H and O–H groups in total. The maximum absolute atomic E-state index is 12.9. The Bertz CT molecular complexity index is 830. The summed E-state index contributed by atoms with van der Waals surface area (Å²) in [4.78, 5) is 38.2. The number of primary amides is 1. The molecule has 0 aliphatic carbocycles. The molecule has 2 aromatic rings. The standard InChI is InChI=1S/C19H23N3O3/c1-12-6-5-7-13(2)22(12)17(23)11-21-10-15(18(24)19(20)25)14-8-3-4-9-16(14)21/h3-4,8-10,12-13H,5-7,11H2,1-2H3,(H2,20,25)/t12-,13+. The third kappa shape index (κ3) is 3.16. The van der Waals surface area contributed by atoms with Gasteiger partial charge in [0.15, 0.2) is 0 Å². The third-order valence-corrected chi connectivity index (χ3v) is 5.04. The Morgan fingerprint density at radius 1 is 1.12 bits per heavy atom. The Labute approximate surface area is 146 Å². The number of carbonyl (C=O) groups is 3. The minimum absolute atomic E-state index is 0.0264. The fourth-order valence-corrected chi connectivity index (χ4v) is 3.83. The minimum Gasteiger partial charge on any atom is -0.363 e. The molecule has 1 saturated heterocycles. The molecule has 1 aromatic heterocycles. The van der Waals surface area contributed by atoms with E-state index in [0.29, 0.717) is 5.39 Å². The first-order valence-corrected chi connectivity index (χ1v) is 8.63. The van der Waals surface area contributed by atoms with Gasteiger partial charge in [0.05, 0.1) is 5.56 Å². The number of nitrogens with two attached hydrogens (primary N) is 1. The number of aromatic nitrogens is 1. The summed E-state index contributed by atoms with van der Waals surface area (Å²) in [6.07, 6.45) is 4.71. The van der Waals surface area contributed by atoms with Gasteiger partial charge in [0, 0.05) is 29.2 Å².